The van der Waals surface area contributed by atoms with Crippen LogP contribution in [0.3, 0.4) is 0 Å². The van der Waals surface area contributed by atoms with Gasteiger partial charge in [0.1, 0.15) is 29.7 Å². The number of aryl methyl sites for hydroxylation is 1. The highest BCUT2D eigenvalue weighted by Gasteiger charge is 2.16. The molecule has 0 spiro atoms. The van der Waals surface area contributed by atoms with Crippen molar-refractivity contribution in [3.8, 4) is 23.0 Å². The van der Waals surface area contributed by atoms with Gasteiger partial charge in [0.2, 0.25) is 11.7 Å². The topological polar surface area (TPSA) is 85.8 Å². The standard InChI is InChI=1S/C21H17F2N5O2/c1-13-25-18(20-26-21(30-27-20)14-6-8-16(22)9-7-14)11-28(13)12-19(29)24-10-15-4-2-3-5-17(15)23/h2-9,11H,10,12H2,1H3,(H,24,29). The summed E-state index contributed by atoms with van der Waals surface area (Å²) in [6.07, 6.45) is 1.64. The van der Waals surface area contributed by atoms with Crippen molar-refractivity contribution < 1.29 is 18.1 Å². The van der Waals surface area contributed by atoms with Gasteiger partial charge < -0.3 is 14.4 Å². The summed E-state index contributed by atoms with van der Waals surface area (Å²) in [5.74, 6) is 0.0569. The van der Waals surface area contributed by atoms with Crippen LogP contribution < -0.4 is 5.32 Å². The van der Waals surface area contributed by atoms with Crippen LogP contribution in [0.2, 0.25) is 0 Å². The molecule has 4 aromatic rings. The maximum absolute atomic E-state index is 13.7. The first-order valence-corrected chi connectivity index (χ1v) is 9.13. The molecular formula is C21H17F2N5O2. The molecule has 9 heteroatoms. The van der Waals surface area contributed by atoms with Gasteiger partial charge >= 0.3 is 0 Å². The minimum absolute atomic E-state index is 0.00988. The second-order valence-corrected chi connectivity index (χ2v) is 6.60. The number of nitrogens with zero attached hydrogens (tertiary/aromatic N) is 4. The first kappa shape index (κ1) is 19.4. The van der Waals surface area contributed by atoms with Crippen molar-refractivity contribution in [1.29, 1.82) is 0 Å². The van der Waals surface area contributed by atoms with Gasteiger partial charge in [-0.2, -0.15) is 4.98 Å². The van der Waals surface area contributed by atoms with E-state index in [1.54, 1.807) is 35.9 Å². The van der Waals surface area contributed by atoms with E-state index in [2.05, 4.69) is 20.4 Å². The lowest BCUT2D eigenvalue weighted by molar-refractivity contribution is -0.121. The number of benzene rings is 2. The lowest BCUT2D eigenvalue weighted by atomic mass is 10.2. The first-order chi connectivity index (χ1) is 14.5. The molecule has 2 heterocycles. The van der Waals surface area contributed by atoms with Gasteiger partial charge in [-0.05, 0) is 37.3 Å². The Balaban J connectivity index is 1.44. The number of hydrogen-bond acceptors (Lipinski definition) is 5. The van der Waals surface area contributed by atoms with E-state index < -0.39 is 0 Å². The molecule has 7 nitrogen and oxygen atoms in total. The number of halogens is 2. The number of carbonyl (C=O) groups excluding carboxylic acids is 1. The Kier molecular flexibility index (Phi) is 5.34. The van der Waals surface area contributed by atoms with E-state index in [1.165, 1.54) is 30.3 Å². The van der Waals surface area contributed by atoms with Crippen molar-refractivity contribution in [2.75, 3.05) is 0 Å². The molecule has 2 aromatic carbocycles. The van der Waals surface area contributed by atoms with Gasteiger partial charge in [-0.1, -0.05) is 23.4 Å². The molecule has 0 radical (unpaired) electrons. The molecule has 0 atom stereocenters. The number of rotatable bonds is 6. The third-order valence-electron chi connectivity index (χ3n) is 4.47. The van der Waals surface area contributed by atoms with Crippen LogP contribution in [0.1, 0.15) is 11.4 Å². The van der Waals surface area contributed by atoms with Gasteiger partial charge in [0.15, 0.2) is 0 Å². The van der Waals surface area contributed by atoms with Crippen molar-refractivity contribution in [1.82, 2.24) is 25.0 Å². The van der Waals surface area contributed by atoms with Gasteiger partial charge in [0, 0.05) is 23.9 Å². The second-order valence-electron chi connectivity index (χ2n) is 6.60. The molecule has 0 saturated carbocycles. The number of imidazole rings is 1. The van der Waals surface area contributed by atoms with E-state index in [0.717, 1.165) is 0 Å². The highest BCUT2D eigenvalue weighted by atomic mass is 19.1. The molecule has 0 unspecified atom stereocenters. The van der Waals surface area contributed by atoms with E-state index in [4.69, 9.17) is 4.52 Å². The quantitative estimate of drug-likeness (QED) is 0.527. The van der Waals surface area contributed by atoms with Crippen LogP contribution in [0.25, 0.3) is 23.0 Å². The van der Waals surface area contributed by atoms with Crippen LogP contribution in [-0.4, -0.2) is 25.6 Å². The summed E-state index contributed by atoms with van der Waals surface area (Å²) in [5, 5.41) is 6.59. The Morgan fingerprint density at radius 2 is 1.87 bits per heavy atom. The molecule has 0 aliphatic heterocycles. The number of amides is 1. The summed E-state index contributed by atoms with van der Waals surface area (Å²) in [4.78, 5) is 20.9. The zero-order valence-electron chi connectivity index (χ0n) is 16.0. The molecule has 1 N–H and O–H groups in total. The molecule has 2 aromatic heterocycles. The predicted octanol–water partition coefficient (Wildman–Crippen LogP) is 3.50. The van der Waals surface area contributed by atoms with Gasteiger partial charge in [0.05, 0.1) is 0 Å². The summed E-state index contributed by atoms with van der Waals surface area (Å²) in [7, 11) is 0. The Hall–Kier alpha value is -3.88. The average Bonchev–Trinajstić information content (AvgIpc) is 3.35. The van der Waals surface area contributed by atoms with E-state index >= 15 is 0 Å². The summed E-state index contributed by atoms with van der Waals surface area (Å²) in [6, 6.07) is 11.9. The molecule has 0 fully saturated rings. The SMILES string of the molecule is Cc1nc(-c2noc(-c3ccc(F)cc3)n2)cn1CC(=O)NCc1ccccc1F. The molecule has 4 rings (SSSR count). The zero-order chi connectivity index (χ0) is 21.1. The normalized spacial score (nSPS) is 10.9. The van der Waals surface area contributed by atoms with Gasteiger partial charge in [0.25, 0.3) is 5.89 Å². The Morgan fingerprint density at radius 3 is 2.63 bits per heavy atom. The van der Waals surface area contributed by atoms with Crippen LogP contribution in [0.5, 0.6) is 0 Å². The van der Waals surface area contributed by atoms with Gasteiger partial charge in [-0.3, -0.25) is 4.79 Å². The largest absolute Gasteiger partial charge is 0.350 e. The van der Waals surface area contributed by atoms with E-state index in [1.807, 2.05) is 0 Å². The van der Waals surface area contributed by atoms with Crippen molar-refractivity contribution in [3.05, 3.63) is 77.8 Å². The van der Waals surface area contributed by atoms with Crippen LogP contribution in [0, 0.1) is 18.6 Å². The summed E-state index contributed by atoms with van der Waals surface area (Å²) in [6.45, 7) is 1.85. The third-order valence-corrected chi connectivity index (χ3v) is 4.47. The lowest BCUT2D eigenvalue weighted by Gasteiger charge is -2.07. The fraction of sp³-hybridized carbons (Fsp3) is 0.143. The van der Waals surface area contributed by atoms with E-state index in [-0.39, 0.29) is 42.3 Å². The molecule has 152 valence electrons. The number of carbonyl (C=O) groups is 1. The van der Waals surface area contributed by atoms with E-state index in [0.29, 0.717) is 22.6 Å². The Morgan fingerprint density at radius 1 is 1.10 bits per heavy atom. The maximum Gasteiger partial charge on any atom is 0.258 e. The minimum atomic E-state index is -0.368. The monoisotopic (exact) mass is 409 g/mol. The molecule has 0 saturated heterocycles. The average molecular weight is 409 g/mol. The second kappa shape index (κ2) is 8.24. The van der Waals surface area contributed by atoms with Crippen molar-refractivity contribution in [3.63, 3.8) is 0 Å². The molecule has 0 aliphatic carbocycles. The summed E-state index contributed by atoms with van der Waals surface area (Å²) in [5.41, 5.74) is 1.43. The van der Waals surface area contributed by atoms with Crippen molar-refractivity contribution in [2.45, 2.75) is 20.0 Å². The highest BCUT2D eigenvalue weighted by Crippen LogP contribution is 2.22. The molecule has 0 aliphatic rings. The van der Waals surface area contributed by atoms with Gasteiger partial charge in [-0.25, -0.2) is 13.8 Å². The number of nitrogens with one attached hydrogen (secondary N) is 1. The number of hydrogen-bond donors (Lipinski definition) is 1. The van der Waals surface area contributed by atoms with Crippen LogP contribution >= 0.6 is 0 Å². The molecule has 1 amide bonds. The fourth-order valence-corrected chi connectivity index (χ4v) is 2.86. The third kappa shape index (κ3) is 4.24. The minimum Gasteiger partial charge on any atom is -0.350 e. The van der Waals surface area contributed by atoms with Crippen LogP contribution in [0.15, 0.2) is 59.3 Å². The predicted molar refractivity (Wildman–Crippen MR) is 104 cm³/mol. The number of aromatic nitrogens is 4. The Bertz CT molecular complexity index is 1180. The zero-order valence-corrected chi connectivity index (χ0v) is 16.0. The molecule has 0 bridgehead atoms. The van der Waals surface area contributed by atoms with Crippen LogP contribution in [-0.2, 0) is 17.9 Å². The maximum atomic E-state index is 13.7. The smallest absolute Gasteiger partial charge is 0.258 e. The van der Waals surface area contributed by atoms with Crippen LogP contribution in [0.4, 0.5) is 8.78 Å². The Labute approximate surface area is 170 Å². The van der Waals surface area contributed by atoms with Crippen molar-refractivity contribution in [2.24, 2.45) is 0 Å². The fourth-order valence-electron chi connectivity index (χ4n) is 2.86. The molecule has 30 heavy (non-hydrogen) atoms. The summed E-state index contributed by atoms with van der Waals surface area (Å²) < 4.78 is 33.6. The molecular weight excluding hydrogens is 392 g/mol. The van der Waals surface area contributed by atoms with E-state index in [9.17, 15) is 13.6 Å². The highest BCUT2D eigenvalue weighted by molar-refractivity contribution is 5.76. The lowest BCUT2D eigenvalue weighted by Crippen LogP contribution is -2.27. The van der Waals surface area contributed by atoms with Crippen molar-refractivity contribution >= 4 is 5.91 Å². The first-order valence-electron chi connectivity index (χ1n) is 9.13. The summed E-state index contributed by atoms with van der Waals surface area (Å²) >= 11 is 0. The van der Waals surface area contributed by atoms with Gasteiger partial charge in [-0.15, -0.1) is 0 Å².